The average molecular weight is 399 g/mol. The lowest BCUT2D eigenvalue weighted by Crippen LogP contribution is -2.61. The predicted octanol–water partition coefficient (Wildman–Crippen LogP) is 1.98. The molecular formula is C19H24ClFN2O4. The van der Waals surface area contributed by atoms with Crippen LogP contribution in [0, 0.1) is 17.7 Å². The molecule has 1 aromatic carbocycles. The van der Waals surface area contributed by atoms with E-state index in [9.17, 15) is 19.1 Å². The summed E-state index contributed by atoms with van der Waals surface area (Å²) in [4.78, 5) is 25.1. The number of likely N-dealkylation sites (tertiary alicyclic amines) is 1. The summed E-state index contributed by atoms with van der Waals surface area (Å²) >= 11 is 5.96. The van der Waals surface area contributed by atoms with Gasteiger partial charge in [0.2, 0.25) is 12.3 Å². The number of nitrogens with zero attached hydrogens (tertiary/aromatic N) is 1. The van der Waals surface area contributed by atoms with Crippen LogP contribution in [0.3, 0.4) is 0 Å². The van der Waals surface area contributed by atoms with E-state index in [2.05, 4.69) is 5.32 Å². The predicted molar refractivity (Wildman–Crippen MR) is 97.9 cm³/mol. The second-order valence-corrected chi connectivity index (χ2v) is 7.87. The molecular weight excluding hydrogens is 375 g/mol. The average Bonchev–Trinajstić information content (AvgIpc) is 2.63. The van der Waals surface area contributed by atoms with Gasteiger partial charge in [0.15, 0.2) is 0 Å². The third-order valence-corrected chi connectivity index (χ3v) is 5.88. The Kier molecular flexibility index (Phi) is 6.22. The van der Waals surface area contributed by atoms with Crippen molar-refractivity contribution in [1.29, 1.82) is 0 Å². The van der Waals surface area contributed by atoms with Gasteiger partial charge in [0.1, 0.15) is 11.6 Å². The molecule has 0 aromatic heterocycles. The van der Waals surface area contributed by atoms with Crippen LogP contribution in [0.15, 0.2) is 18.2 Å². The second-order valence-electron chi connectivity index (χ2n) is 7.46. The molecule has 1 saturated heterocycles. The highest BCUT2D eigenvalue weighted by molar-refractivity contribution is 6.32. The molecule has 148 valence electrons. The van der Waals surface area contributed by atoms with Crippen molar-refractivity contribution in [1.82, 2.24) is 10.2 Å². The Morgan fingerprint density at radius 1 is 1.41 bits per heavy atom. The molecule has 1 aliphatic carbocycles. The summed E-state index contributed by atoms with van der Waals surface area (Å²) in [6, 6.07) is 4.06. The highest BCUT2D eigenvalue weighted by Gasteiger charge is 2.48. The summed E-state index contributed by atoms with van der Waals surface area (Å²) in [5.74, 6) is 0.325. The number of aliphatic hydroxyl groups is 1. The number of benzene rings is 1. The lowest BCUT2D eigenvalue weighted by Gasteiger charge is -2.47. The van der Waals surface area contributed by atoms with Gasteiger partial charge in [-0.15, -0.1) is 0 Å². The van der Waals surface area contributed by atoms with Gasteiger partial charge in [-0.2, -0.15) is 0 Å². The molecule has 1 aliphatic heterocycles. The van der Waals surface area contributed by atoms with Crippen molar-refractivity contribution in [3.8, 4) is 5.75 Å². The molecule has 2 N–H and O–H groups in total. The van der Waals surface area contributed by atoms with Gasteiger partial charge in [0, 0.05) is 19.0 Å². The number of piperidine rings is 1. The van der Waals surface area contributed by atoms with Crippen molar-refractivity contribution in [3.63, 3.8) is 0 Å². The largest absolute Gasteiger partial charge is 0.492 e. The summed E-state index contributed by atoms with van der Waals surface area (Å²) in [6.07, 6.45) is 3.19. The summed E-state index contributed by atoms with van der Waals surface area (Å²) in [5, 5.41) is 12.3. The molecule has 2 fully saturated rings. The quantitative estimate of drug-likeness (QED) is 0.688. The second kappa shape index (κ2) is 8.44. The van der Waals surface area contributed by atoms with Crippen LogP contribution in [0.2, 0.25) is 5.02 Å². The van der Waals surface area contributed by atoms with Crippen LogP contribution in [-0.2, 0) is 9.59 Å². The fourth-order valence-corrected chi connectivity index (χ4v) is 4.08. The maximum Gasteiger partial charge on any atom is 0.225 e. The van der Waals surface area contributed by atoms with Gasteiger partial charge in [0.05, 0.1) is 23.8 Å². The lowest BCUT2D eigenvalue weighted by atomic mass is 9.68. The Morgan fingerprint density at radius 3 is 2.70 bits per heavy atom. The van der Waals surface area contributed by atoms with E-state index in [4.69, 9.17) is 16.3 Å². The molecule has 0 atom stereocenters. The zero-order valence-electron chi connectivity index (χ0n) is 15.0. The molecule has 0 bridgehead atoms. The smallest absolute Gasteiger partial charge is 0.225 e. The van der Waals surface area contributed by atoms with E-state index in [1.54, 1.807) is 0 Å². The number of nitrogens with one attached hydrogen (secondary N) is 1. The lowest BCUT2D eigenvalue weighted by molar-refractivity contribution is -0.145. The Bertz CT molecular complexity index is 688. The summed E-state index contributed by atoms with van der Waals surface area (Å²) in [7, 11) is 0. The first-order valence-corrected chi connectivity index (χ1v) is 9.53. The minimum Gasteiger partial charge on any atom is -0.492 e. The van der Waals surface area contributed by atoms with Crippen LogP contribution in [-0.4, -0.2) is 54.2 Å². The molecule has 1 saturated carbocycles. The third kappa shape index (κ3) is 4.52. The minimum absolute atomic E-state index is 0.0905. The van der Waals surface area contributed by atoms with Crippen molar-refractivity contribution in [2.45, 2.75) is 31.2 Å². The van der Waals surface area contributed by atoms with Crippen LogP contribution >= 0.6 is 11.6 Å². The number of carbonyl (C=O) groups excluding carboxylic acids is 2. The molecule has 8 heteroatoms. The number of rotatable bonds is 7. The van der Waals surface area contributed by atoms with Gasteiger partial charge < -0.3 is 20.1 Å². The summed E-state index contributed by atoms with van der Waals surface area (Å²) in [6.45, 7) is 1.65. The van der Waals surface area contributed by atoms with E-state index < -0.39 is 11.4 Å². The van der Waals surface area contributed by atoms with Crippen molar-refractivity contribution in [2.24, 2.45) is 11.8 Å². The van der Waals surface area contributed by atoms with E-state index in [1.807, 2.05) is 4.90 Å². The molecule has 1 heterocycles. The standard InChI is InChI=1S/C19H24ClFN2O4/c20-16-7-15(21)1-2-17(16)27-10-13-3-5-23(6-4-13)18(26)14-8-19(9-14,11-24)22-12-25/h1-2,7,12-14,24H,3-6,8-11H2,(H,22,25)/t14-,19+. The molecule has 2 amide bonds. The number of hydrogen-bond acceptors (Lipinski definition) is 4. The molecule has 0 radical (unpaired) electrons. The van der Waals surface area contributed by atoms with E-state index in [-0.39, 0.29) is 23.5 Å². The van der Waals surface area contributed by atoms with Crippen LogP contribution < -0.4 is 10.1 Å². The van der Waals surface area contributed by atoms with Gasteiger partial charge in [-0.3, -0.25) is 9.59 Å². The van der Waals surface area contributed by atoms with Crippen LogP contribution in [0.5, 0.6) is 5.75 Å². The Labute approximate surface area is 162 Å². The number of amides is 2. The molecule has 1 aromatic rings. The number of ether oxygens (including phenoxy) is 1. The van der Waals surface area contributed by atoms with Crippen molar-refractivity contribution in [3.05, 3.63) is 29.0 Å². The fourth-order valence-electron chi connectivity index (χ4n) is 3.85. The van der Waals surface area contributed by atoms with E-state index in [0.717, 1.165) is 12.8 Å². The number of halogens is 2. The Balaban J connectivity index is 1.42. The number of hydrogen-bond donors (Lipinski definition) is 2. The Morgan fingerprint density at radius 2 is 2.11 bits per heavy atom. The number of aliphatic hydroxyl groups excluding tert-OH is 1. The van der Waals surface area contributed by atoms with Gasteiger partial charge in [0.25, 0.3) is 0 Å². The normalized spacial score (nSPS) is 25.6. The summed E-state index contributed by atoms with van der Waals surface area (Å²) < 4.78 is 18.8. The first-order valence-electron chi connectivity index (χ1n) is 9.15. The van der Waals surface area contributed by atoms with E-state index >= 15 is 0 Å². The zero-order chi connectivity index (χ0) is 19.4. The molecule has 3 rings (SSSR count). The van der Waals surface area contributed by atoms with Crippen LogP contribution in [0.25, 0.3) is 0 Å². The van der Waals surface area contributed by atoms with Gasteiger partial charge in [-0.25, -0.2) is 4.39 Å². The zero-order valence-corrected chi connectivity index (χ0v) is 15.8. The first kappa shape index (κ1) is 19.9. The van der Waals surface area contributed by atoms with Gasteiger partial charge >= 0.3 is 0 Å². The van der Waals surface area contributed by atoms with Crippen molar-refractivity contribution < 1.29 is 23.8 Å². The van der Waals surface area contributed by atoms with E-state index in [0.29, 0.717) is 50.6 Å². The molecule has 2 aliphatic rings. The first-order chi connectivity index (χ1) is 13.0. The molecule has 0 spiro atoms. The maximum atomic E-state index is 13.1. The minimum atomic E-state index is -0.636. The third-order valence-electron chi connectivity index (χ3n) is 5.59. The van der Waals surface area contributed by atoms with E-state index in [1.165, 1.54) is 18.2 Å². The van der Waals surface area contributed by atoms with Gasteiger partial charge in [-0.05, 0) is 49.8 Å². The SMILES string of the molecule is O=CN[C@]1(CO)C[C@H](C(=O)N2CCC(COc3ccc(F)cc3Cl)CC2)C1. The van der Waals surface area contributed by atoms with Crippen molar-refractivity contribution in [2.75, 3.05) is 26.3 Å². The topological polar surface area (TPSA) is 78.9 Å². The van der Waals surface area contributed by atoms with Crippen LogP contribution in [0.1, 0.15) is 25.7 Å². The van der Waals surface area contributed by atoms with Crippen molar-refractivity contribution >= 4 is 23.9 Å². The van der Waals surface area contributed by atoms with Gasteiger partial charge in [-0.1, -0.05) is 11.6 Å². The molecule has 6 nitrogen and oxygen atoms in total. The highest BCUT2D eigenvalue weighted by Crippen LogP contribution is 2.39. The summed E-state index contributed by atoms with van der Waals surface area (Å²) in [5.41, 5.74) is -0.636. The fraction of sp³-hybridized carbons (Fsp3) is 0.579. The molecule has 0 unspecified atom stereocenters. The highest BCUT2D eigenvalue weighted by atomic mass is 35.5. The maximum absolute atomic E-state index is 13.1. The number of carbonyl (C=O) groups is 2. The Hall–Kier alpha value is -1.86. The monoisotopic (exact) mass is 398 g/mol. The van der Waals surface area contributed by atoms with Crippen LogP contribution in [0.4, 0.5) is 4.39 Å². The molecule has 27 heavy (non-hydrogen) atoms.